The Labute approximate surface area is 107 Å². The molecule has 1 aliphatic rings. The van der Waals surface area contributed by atoms with Gasteiger partial charge in [-0.15, -0.1) is 12.3 Å². The molecule has 0 radical (unpaired) electrons. The monoisotopic (exact) mass is 236 g/mol. The first-order valence-electron chi connectivity index (χ1n) is 7.11. The lowest BCUT2D eigenvalue weighted by Crippen LogP contribution is -2.53. The Morgan fingerprint density at radius 1 is 1.35 bits per heavy atom. The Bertz CT molecular complexity index is 244. The molecule has 98 valence electrons. The number of unbranched alkanes of at least 4 members (excludes halogenated alkanes) is 2. The summed E-state index contributed by atoms with van der Waals surface area (Å²) in [5.74, 6) is 3.47. The first-order chi connectivity index (χ1) is 8.20. The Balaban J connectivity index is 2.32. The average molecular weight is 236 g/mol. The van der Waals surface area contributed by atoms with Gasteiger partial charge in [-0.1, -0.05) is 13.8 Å². The highest BCUT2D eigenvalue weighted by atomic mass is 15.2. The number of hydrogen-bond donors (Lipinski definition) is 1. The van der Waals surface area contributed by atoms with Crippen molar-refractivity contribution in [3.8, 4) is 12.3 Å². The van der Waals surface area contributed by atoms with Crippen molar-refractivity contribution in [2.24, 2.45) is 5.92 Å². The highest BCUT2D eigenvalue weighted by Crippen LogP contribution is 2.23. The van der Waals surface area contributed by atoms with Crippen LogP contribution in [0, 0.1) is 18.3 Å². The third-order valence-electron chi connectivity index (χ3n) is 4.18. The molecule has 0 amide bonds. The second-order valence-corrected chi connectivity index (χ2v) is 5.25. The van der Waals surface area contributed by atoms with Crippen molar-refractivity contribution in [3.05, 3.63) is 0 Å². The number of nitrogens with zero attached hydrogens (tertiary/aromatic N) is 1. The molecule has 0 aromatic carbocycles. The van der Waals surface area contributed by atoms with Gasteiger partial charge < -0.3 is 10.2 Å². The SMILES string of the molecule is C#CCCCCN1CCC(NCC)C(C)C1C. The number of terminal acetylenes is 1. The number of rotatable bonds is 6. The molecule has 0 bridgehead atoms. The molecule has 2 nitrogen and oxygen atoms in total. The van der Waals surface area contributed by atoms with E-state index in [1.165, 1.54) is 32.4 Å². The van der Waals surface area contributed by atoms with Gasteiger partial charge in [-0.05, 0) is 51.7 Å². The number of likely N-dealkylation sites (tertiary alicyclic amines) is 1. The van der Waals surface area contributed by atoms with Crippen molar-refractivity contribution in [3.63, 3.8) is 0 Å². The van der Waals surface area contributed by atoms with Crippen LogP contribution < -0.4 is 5.32 Å². The molecule has 3 atom stereocenters. The lowest BCUT2D eigenvalue weighted by atomic mass is 9.87. The normalized spacial score (nSPS) is 30.1. The molecule has 0 aromatic heterocycles. The molecule has 1 saturated heterocycles. The molecule has 1 rings (SSSR count). The molecular formula is C15H28N2. The molecule has 0 spiro atoms. The van der Waals surface area contributed by atoms with Gasteiger partial charge in [0.15, 0.2) is 0 Å². The standard InChI is InChI=1S/C15H28N2/c1-5-7-8-9-11-17-12-10-15(16-6-2)13(3)14(17)4/h1,13-16H,6-12H2,2-4H3. The van der Waals surface area contributed by atoms with Crippen molar-refractivity contribution >= 4 is 0 Å². The second-order valence-electron chi connectivity index (χ2n) is 5.25. The zero-order valence-electron chi connectivity index (χ0n) is 11.7. The Morgan fingerprint density at radius 3 is 2.76 bits per heavy atom. The Hall–Kier alpha value is -0.520. The molecular weight excluding hydrogens is 208 g/mol. The van der Waals surface area contributed by atoms with Crippen molar-refractivity contribution in [2.75, 3.05) is 19.6 Å². The lowest BCUT2D eigenvalue weighted by Gasteiger charge is -2.43. The number of hydrogen-bond acceptors (Lipinski definition) is 2. The van der Waals surface area contributed by atoms with E-state index in [1.54, 1.807) is 0 Å². The van der Waals surface area contributed by atoms with Gasteiger partial charge in [0.05, 0.1) is 0 Å². The molecule has 1 aliphatic heterocycles. The summed E-state index contributed by atoms with van der Waals surface area (Å²) in [5.41, 5.74) is 0. The van der Waals surface area contributed by atoms with Crippen molar-refractivity contribution < 1.29 is 0 Å². The van der Waals surface area contributed by atoms with Crippen LogP contribution in [0.1, 0.15) is 46.5 Å². The fourth-order valence-electron chi connectivity index (χ4n) is 2.85. The minimum Gasteiger partial charge on any atom is -0.314 e. The van der Waals surface area contributed by atoms with Gasteiger partial charge in [0.25, 0.3) is 0 Å². The maximum absolute atomic E-state index is 5.28. The molecule has 0 saturated carbocycles. The van der Waals surface area contributed by atoms with Crippen molar-refractivity contribution in [1.29, 1.82) is 0 Å². The predicted molar refractivity (Wildman–Crippen MR) is 75.0 cm³/mol. The van der Waals surface area contributed by atoms with Gasteiger partial charge in [-0.3, -0.25) is 0 Å². The molecule has 3 unspecified atom stereocenters. The van der Waals surface area contributed by atoms with Crippen LogP contribution in [0.2, 0.25) is 0 Å². The highest BCUT2D eigenvalue weighted by Gasteiger charge is 2.31. The molecule has 1 heterocycles. The van der Waals surface area contributed by atoms with Gasteiger partial charge in [0, 0.05) is 18.5 Å². The van der Waals surface area contributed by atoms with E-state index < -0.39 is 0 Å². The van der Waals surface area contributed by atoms with E-state index in [0.29, 0.717) is 12.1 Å². The topological polar surface area (TPSA) is 15.3 Å². The van der Waals surface area contributed by atoms with Crippen molar-refractivity contribution in [2.45, 2.75) is 58.5 Å². The zero-order valence-corrected chi connectivity index (χ0v) is 11.7. The minimum absolute atomic E-state index is 0.693. The molecule has 17 heavy (non-hydrogen) atoms. The zero-order chi connectivity index (χ0) is 12.7. The first-order valence-corrected chi connectivity index (χ1v) is 7.11. The van der Waals surface area contributed by atoms with Gasteiger partial charge in [-0.25, -0.2) is 0 Å². The Kier molecular flexibility index (Phi) is 6.62. The van der Waals surface area contributed by atoms with E-state index in [2.05, 4.69) is 36.9 Å². The van der Waals surface area contributed by atoms with E-state index in [9.17, 15) is 0 Å². The maximum atomic E-state index is 5.28. The van der Waals surface area contributed by atoms with Crippen LogP contribution in [-0.2, 0) is 0 Å². The van der Waals surface area contributed by atoms with Crippen LogP contribution in [0.3, 0.4) is 0 Å². The van der Waals surface area contributed by atoms with Crippen LogP contribution in [0.4, 0.5) is 0 Å². The molecule has 1 N–H and O–H groups in total. The van der Waals surface area contributed by atoms with Gasteiger partial charge in [0.1, 0.15) is 0 Å². The minimum atomic E-state index is 0.693. The summed E-state index contributed by atoms with van der Waals surface area (Å²) in [6, 6.07) is 1.40. The van der Waals surface area contributed by atoms with E-state index in [-0.39, 0.29) is 0 Å². The van der Waals surface area contributed by atoms with E-state index in [4.69, 9.17) is 6.42 Å². The van der Waals surface area contributed by atoms with E-state index in [1.807, 2.05) is 0 Å². The van der Waals surface area contributed by atoms with Crippen LogP contribution in [-0.4, -0.2) is 36.6 Å². The van der Waals surface area contributed by atoms with Crippen LogP contribution in [0.5, 0.6) is 0 Å². The third kappa shape index (κ3) is 4.33. The van der Waals surface area contributed by atoms with Crippen molar-refractivity contribution in [1.82, 2.24) is 10.2 Å². The number of nitrogens with one attached hydrogen (secondary N) is 1. The maximum Gasteiger partial charge on any atom is 0.0120 e. The highest BCUT2D eigenvalue weighted by molar-refractivity contribution is 4.88. The smallest absolute Gasteiger partial charge is 0.0120 e. The Morgan fingerprint density at radius 2 is 2.12 bits per heavy atom. The van der Waals surface area contributed by atoms with Crippen LogP contribution in [0.25, 0.3) is 0 Å². The van der Waals surface area contributed by atoms with Gasteiger partial charge >= 0.3 is 0 Å². The summed E-state index contributed by atoms with van der Waals surface area (Å²) in [5, 5.41) is 3.61. The average Bonchev–Trinajstić information content (AvgIpc) is 2.33. The summed E-state index contributed by atoms with van der Waals surface area (Å²) in [6.07, 6.45) is 9.91. The second kappa shape index (κ2) is 7.74. The molecule has 1 fully saturated rings. The van der Waals surface area contributed by atoms with E-state index in [0.717, 1.165) is 18.9 Å². The summed E-state index contributed by atoms with van der Waals surface area (Å²) in [6.45, 7) is 10.5. The fraction of sp³-hybridized carbons (Fsp3) is 0.867. The predicted octanol–water partition coefficient (Wildman–Crippen LogP) is 2.50. The number of piperidine rings is 1. The summed E-state index contributed by atoms with van der Waals surface area (Å²) >= 11 is 0. The third-order valence-corrected chi connectivity index (χ3v) is 4.18. The quantitative estimate of drug-likeness (QED) is 0.563. The van der Waals surface area contributed by atoms with E-state index >= 15 is 0 Å². The van der Waals surface area contributed by atoms with Crippen LogP contribution in [0.15, 0.2) is 0 Å². The molecule has 2 heteroatoms. The summed E-state index contributed by atoms with van der Waals surface area (Å²) in [7, 11) is 0. The summed E-state index contributed by atoms with van der Waals surface area (Å²) < 4.78 is 0. The first kappa shape index (κ1) is 14.5. The molecule has 0 aliphatic carbocycles. The largest absolute Gasteiger partial charge is 0.314 e. The molecule has 0 aromatic rings. The van der Waals surface area contributed by atoms with Crippen LogP contribution >= 0.6 is 0 Å². The fourth-order valence-corrected chi connectivity index (χ4v) is 2.85. The lowest BCUT2D eigenvalue weighted by molar-refractivity contribution is 0.0842. The summed E-state index contributed by atoms with van der Waals surface area (Å²) in [4.78, 5) is 2.63. The van der Waals surface area contributed by atoms with Gasteiger partial charge in [-0.2, -0.15) is 0 Å². The van der Waals surface area contributed by atoms with Gasteiger partial charge in [0.2, 0.25) is 0 Å².